The molecule has 0 aromatic heterocycles. The van der Waals surface area contributed by atoms with Crippen molar-refractivity contribution in [3.05, 3.63) is 72.0 Å². The summed E-state index contributed by atoms with van der Waals surface area (Å²) in [7, 11) is -4.53. The van der Waals surface area contributed by atoms with Gasteiger partial charge in [-0.1, -0.05) is 19.1 Å². The van der Waals surface area contributed by atoms with E-state index in [1.807, 2.05) is 18.7 Å². The molecule has 0 N–H and O–H groups in total. The number of ether oxygens (including phenoxy) is 2. The number of alkyl halides is 5. The summed E-state index contributed by atoms with van der Waals surface area (Å²) >= 11 is 0. The minimum Gasteiger partial charge on any atom is -0.435 e. The average Bonchev–Trinajstić information content (AvgIpc) is 2.94. The van der Waals surface area contributed by atoms with Crippen LogP contribution in [0.2, 0.25) is 0 Å². The highest BCUT2D eigenvalue weighted by Gasteiger charge is 2.44. The molecule has 0 bridgehead atoms. The van der Waals surface area contributed by atoms with Crippen LogP contribution in [0.4, 0.5) is 37.7 Å². The van der Waals surface area contributed by atoms with Crippen molar-refractivity contribution in [2.24, 2.45) is 0 Å². The summed E-state index contributed by atoms with van der Waals surface area (Å²) in [6.45, 7) is 1.74. The molecule has 6 nitrogen and oxygen atoms in total. The molecule has 3 aromatic carbocycles. The lowest BCUT2D eigenvalue weighted by atomic mass is 9.85. The van der Waals surface area contributed by atoms with Crippen LogP contribution in [0.3, 0.4) is 0 Å². The van der Waals surface area contributed by atoms with Crippen LogP contribution < -0.4 is 13.9 Å². The summed E-state index contributed by atoms with van der Waals surface area (Å²) in [6, 6.07) is 11.0. The minimum atomic E-state index is -4.76. The van der Waals surface area contributed by atoms with Gasteiger partial charge in [-0.15, -0.1) is 0 Å². The van der Waals surface area contributed by atoms with Crippen molar-refractivity contribution in [1.82, 2.24) is 0 Å². The first-order valence-corrected chi connectivity index (χ1v) is 15.1. The standard InChI is InChI=1S/C30H30F6N2O4S/c1-3-11-41-29(2)9-10-37-23(17-29)18-38(43(39,40)25-6-4-5-21(15-25)30(34,35)36)27-14-19(7-8-26(27)37)20-12-22(31)16-24(13-20)42-28(32)33/h4-8,12-16,23,28H,3,9-11,17-18H2,1-2H3/t23-,29+/m0/s1. The van der Waals surface area contributed by atoms with Gasteiger partial charge in [-0.2, -0.15) is 22.0 Å². The maximum Gasteiger partial charge on any atom is 0.416 e. The Morgan fingerprint density at radius 2 is 1.79 bits per heavy atom. The SMILES string of the molecule is CCCO[C@]1(C)CCN2c3ccc(-c4cc(F)cc(OC(F)F)c4)cc3N(S(=O)(=O)c3cccc(C(F)(F)F)c3)C[C@@H]2C1. The van der Waals surface area contributed by atoms with Gasteiger partial charge >= 0.3 is 12.8 Å². The Labute approximate surface area is 245 Å². The predicted octanol–water partition coefficient (Wildman–Crippen LogP) is 7.48. The molecule has 2 aliphatic heterocycles. The van der Waals surface area contributed by atoms with Gasteiger partial charge in [0.25, 0.3) is 10.0 Å². The zero-order valence-corrected chi connectivity index (χ0v) is 24.2. The monoisotopic (exact) mass is 628 g/mol. The highest BCUT2D eigenvalue weighted by Crippen LogP contribution is 2.46. The predicted molar refractivity (Wildman–Crippen MR) is 149 cm³/mol. The first-order chi connectivity index (χ1) is 20.2. The summed E-state index contributed by atoms with van der Waals surface area (Å²) in [5, 5.41) is 0. The number of anilines is 2. The first kappa shape index (κ1) is 31.0. The van der Waals surface area contributed by atoms with E-state index in [9.17, 15) is 34.8 Å². The summed E-state index contributed by atoms with van der Waals surface area (Å²) in [6.07, 6.45) is -2.83. The van der Waals surface area contributed by atoms with Gasteiger partial charge in [0.05, 0.1) is 40.0 Å². The van der Waals surface area contributed by atoms with E-state index in [0.29, 0.717) is 43.3 Å². The number of hydrogen-bond donors (Lipinski definition) is 0. The zero-order valence-electron chi connectivity index (χ0n) is 23.4. The largest absolute Gasteiger partial charge is 0.435 e. The molecular weight excluding hydrogens is 598 g/mol. The number of hydrogen-bond acceptors (Lipinski definition) is 5. The van der Waals surface area contributed by atoms with Gasteiger partial charge in [-0.05, 0) is 79.8 Å². The second kappa shape index (κ2) is 11.6. The van der Waals surface area contributed by atoms with E-state index in [4.69, 9.17) is 4.74 Å². The molecule has 0 amide bonds. The molecule has 0 aliphatic carbocycles. The van der Waals surface area contributed by atoms with E-state index >= 15 is 0 Å². The van der Waals surface area contributed by atoms with Gasteiger partial charge in [0.1, 0.15) is 11.6 Å². The van der Waals surface area contributed by atoms with Crippen molar-refractivity contribution < 1.29 is 44.2 Å². The molecule has 5 rings (SSSR count). The lowest BCUT2D eigenvalue weighted by Gasteiger charge is -2.51. The highest BCUT2D eigenvalue weighted by atomic mass is 32.2. The summed E-state index contributed by atoms with van der Waals surface area (Å²) in [4.78, 5) is 1.51. The average molecular weight is 629 g/mol. The number of fused-ring (bicyclic) bond motifs is 3. The van der Waals surface area contributed by atoms with Gasteiger partial charge in [-0.3, -0.25) is 4.31 Å². The van der Waals surface area contributed by atoms with Gasteiger partial charge in [0.2, 0.25) is 0 Å². The topological polar surface area (TPSA) is 59.1 Å². The molecule has 0 unspecified atom stereocenters. The van der Waals surface area contributed by atoms with Gasteiger partial charge in [-0.25, -0.2) is 12.8 Å². The number of rotatable bonds is 8. The molecule has 1 fully saturated rings. The second-order valence-electron chi connectivity index (χ2n) is 10.9. The Kier molecular flexibility index (Phi) is 8.34. The number of benzene rings is 3. The van der Waals surface area contributed by atoms with Crippen LogP contribution in [0.5, 0.6) is 5.75 Å². The smallest absolute Gasteiger partial charge is 0.416 e. The Morgan fingerprint density at radius 3 is 2.49 bits per heavy atom. The molecule has 13 heteroatoms. The molecular formula is C30H30F6N2O4S. The van der Waals surface area contributed by atoms with Crippen LogP contribution in [0.15, 0.2) is 65.6 Å². The van der Waals surface area contributed by atoms with E-state index in [1.54, 1.807) is 12.1 Å². The van der Waals surface area contributed by atoms with E-state index < -0.39 is 50.4 Å². The molecule has 1 saturated heterocycles. The minimum absolute atomic E-state index is 0.0804. The van der Waals surface area contributed by atoms with Gasteiger partial charge in [0, 0.05) is 19.2 Å². The van der Waals surface area contributed by atoms with Crippen molar-refractivity contribution in [3.63, 3.8) is 0 Å². The van der Waals surface area contributed by atoms with Crippen LogP contribution in [-0.2, 0) is 20.9 Å². The zero-order chi connectivity index (χ0) is 31.2. The molecule has 0 saturated carbocycles. The Hall–Kier alpha value is -3.45. The Bertz CT molecular complexity index is 1600. The van der Waals surface area contributed by atoms with Crippen LogP contribution >= 0.6 is 0 Å². The highest BCUT2D eigenvalue weighted by molar-refractivity contribution is 7.92. The fraction of sp³-hybridized carbons (Fsp3) is 0.400. The van der Waals surface area contributed by atoms with E-state index in [2.05, 4.69) is 4.74 Å². The summed E-state index contributed by atoms with van der Waals surface area (Å²) < 4.78 is 120. The third kappa shape index (κ3) is 6.42. The fourth-order valence-electron chi connectivity index (χ4n) is 5.73. The first-order valence-electron chi connectivity index (χ1n) is 13.7. The molecule has 0 radical (unpaired) electrons. The van der Waals surface area contributed by atoms with Gasteiger partial charge < -0.3 is 14.4 Å². The lowest BCUT2D eigenvalue weighted by Crippen LogP contribution is -2.58. The summed E-state index contributed by atoms with van der Waals surface area (Å²) in [5.74, 6) is -1.26. The molecule has 2 atom stereocenters. The van der Waals surface area contributed by atoms with E-state index in [1.165, 1.54) is 12.1 Å². The lowest BCUT2D eigenvalue weighted by molar-refractivity contribution is -0.137. The van der Waals surface area contributed by atoms with Crippen molar-refractivity contribution in [1.29, 1.82) is 0 Å². The van der Waals surface area contributed by atoms with Crippen molar-refractivity contribution in [2.75, 3.05) is 28.9 Å². The Balaban J connectivity index is 1.62. The van der Waals surface area contributed by atoms with Crippen molar-refractivity contribution in [2.45, 2.75) is 62.4 Å². The van der Waals surface area contributed by atoms with E-state index in [-0.39, 0.29) is 23.8 Å². The molecule has 3 aromatic rings. The van der Waals surface area contributed by atoms with Crippen molar-refractivity contribution >= 4 is 21.4 Å². The summed E-state index contributed by atoms with van der Waals surface area (Å²) in [5.41, 5.74) is -0.489. The van der Waals surface area contributed by atoms with Crippen molar-refractivity contribution in [3.8, 4) is 16.9 Å². The second-order valence-corrected chi connectivity index (χ2v) is 12.8. The van der Waals surface area contributed by atoms with Crippen LogP contribution in [0, 0.1) is 5.82 Å². The third-order valence-electron chi connectivity index (χ3n) is 7.75. The molecule has 0 spiro atoms. The molecule has 43 heavy (non-hydrogen) atoms. The van der Waals surface area contributed by atoms with E-state index in [0.717, 1.165) is 41.1 Å². The number of nitrogens with zero attached hydrogens (tertiary/aromatic N) is 2. The Morgan fingerprint density at radius 1 is 1.02 bits per heavy atom. The molecule has 2 aliphatic rings. The molecule has 232 valence electrons. The van der Waals surface area contributed by atoms with Crippen LogP contribution in [-0.4, -0.2) is 46.4 Å². The maximum absolute atomic E-state index is 14.4. The normalized spacial score (nSPS) is 20.6. The maximum atomic E-state index is 14.4. The fourth-order valence-corrected chi connectivity index (χ4v) is 7.29. The van der Waals surface area contributed by atoms with Crippen LogP contribution in [0.1, 0.15) is 38.7 Å². The van der Waals surface area contributed by atoms with Crippen LogP contribution in [0.25, 0.3) is 11.1 Å². The third-order valence-corrected chi connectivity index (χ3v) is 9.53. The quantitative estimate of drug-likeness (QED) is 0.242. The molecule has 2 heterocycles. The number of sulfonamides is 1. The van der Waals surface area contributed by atoms with Gasteiger partial charge in [0.15, 0.2) is 0 Å². The number of piperidine rings is 1. The number of halogens is 6.